The third kappa shape index (κ3) is 3.08. The van der Waals surface area contributed by atoms with E-state index in [1.807, 2.05) is 51.1 Å². The van der Waals surface area contributed by atoms with Crippen molar-refractivity contribution in [3.8, 4) is 5.75 Å². The number of hydrogen-bond acceptors (Lipinski definition) is 4. The Hall–Kier alpha value is -1.65. The molecule has 4 heteroatoms. The molecule has 1 heterocycles. The van der Waals surface area contributed by atoms with Crippen LogP contribution in [0.25, 0.3) is 10.9 Å². The van der Waals surface area contributed by atoms with Gasteiger partial charge >= 0.3 is 0 Å². The Balaban J connectivity index is 2.31. The van der Waals surface area contributed by atoms with Crippen molar-refractivity contribution < 1.29 is 9.84 Å². The molecule has 0 spiro atoms. The summed E-state index contributed by atoms with van der Waals surface area (Å²) in [7, 11) is 0. The van der Waals surface area contributed by atoms with Crippen molar-refractivity contribution in [2.24, 2.45) is 11.1 Å². The van der Waals surface area contributed by atoms with Crippen LogP contribution in [0.2, 0.25) is 0 Å². The van der Waals surface area contributed by atoms with Crippen LogP contribution in [0, 0.1) is 5.41 Å². The summed E-state index contributed by atoms with van der Waals surface area (Å²) in [5.74, 6) is 0.654. The van der Waals surface area contributed by atoms with E-state index in [-0.39, 0.29) is 18.1 Å². The maximum atomic E-state index is 9.57. The Morgan fingerprint density at radius 3 is 2.60 bits per heavy atom. The smallest absolute Gasteiger partial charge is 0.146 e. The van der Waals surface area contributed by atoms with Crippen LogP contribution in [0.4, 0.5) is 0 Å². The number of pyridine rings is 1. The number of hydrogen-bond donors (Lipinski definition) is 2. The fourth-order valence-corrected chi connectivity index (χ4v) is 2.12. The van der Waals surface area contributed by atoms with E-state index in [0.29, 0.717) is 5.75 Å². The highest BCUT2D eigenvalue weighted by molar-refractivity contribution is 5.84. The van der Waals surface area contributed by atoms with Crippen LogP contribution in [0.1, 0.15) is 20.8 Å². The number of benzene rings is 1. The van der Waals surface area contributed by atoms with Gasteiger partial charge in [-0.2, -0.15) is 0 Å². The summed E-state index contributed by atoms with van der Waals surface area (Å²) in [5.41, 5.74) is 6.83. The number of nitrogens with zero attached hydrogens (tertiary/aromatic N) is 1. The third-order valence-corrected chi connectivity index (χ3v) is 3.45. The first kappa shape index (κ1) is 14.8. The fourth-order valence-electron chi connectivity index (χ4n) is 2.12. The van der Waals surface area contributed by atoms with Crippen LogP contribution in [0.3, 0.4) is 0 Å². The van der Waals surface area contributed by atoms with Gasteiger partial charge in [0.1, 0.15) is 17.4 Å². The van der Waals surface area contributed by atoms with Gasteiger partial charge < -0.3 is 15.6 Å². The standard InChI is InChI=1S/C16H22N2O2/c1-16(2,3)15(17)13(10-19)20-12-8-4-6-11-7-5-9-18-14(11)12/h4-9,13,15,19H,10,17H2,1-3H3. The Morgan fingerprint density at radius 2 is 1.95 bits per heavy atom. The quantitative estimate of drug-likeness (QED) is 0.898. The van der Waals surface area contributed by atoms with E-state index in [2.05, 4.69) is 4.98 Å². The van der Waals surface area contributed by atoms with Crippen molar-refractivity contribution in [1.82, 2.24) is 4.98 Å². The highest BCUT2D eigenvalue weighted by Gasteiger charge is 2.30. The van der Waals surface area contributed by atoms with Gasteiger partial charge in [-0.1, -0.05) is 39.0 Å². The van der Waals surface area contributed by atoms with Crippen LogP contribution in [-0.2, 0) is 0 Å². The predicted octanol–water partition coefficient (Wildman–Crippen LogP) is 2.35. The van der Waals surface area contributed by atoms with E-state index in [1.54, 1.807) is 6.20 Å². The van der Waals surface area contributed by atoms with E-state index in [9.17, 15) is 5.11 Å². The fraction of sp³-hybridized carbons (Fsp3) is 0.438. The number of para-hydroxylation sites is 1. The molecule has 0 amide bonds. The Labute approximate surface area is 119 Å². The highest BCUT2D eigenvalue weighted by atomic mass is 16.5. The lowest BCUT2D eigenvalue weighted by molar-refractivity contribution is 0.0601. The maximum Gasteiger partial charge on any atom is 0.146 e. The molecule has 0 aliphatic rings. The highest BCUT2D eigenvalue weighted by Crippen LogP contribution is 2.27. The molecule has 0 saturated carbocycles. The molecule has 4 nitrogen and oxygen atoms in total. The molecule has 0 radical (unpaired) electrons. The summed E-state index contributed by atoms with van der Waals surface area (Å²) in [5, 5.41) is 10.6. The average Bonchev–Trinajstić information content (AvgIpc) is 2.43. The van der Waals surface area contributed by atoms with Gasteiger partial charge in [-0.15, -0.1) is 0 Å². The van der Waals surface area contributed by atoms with Crippen LogP contribution < -0.4 is 10.5 Å². The number of aromatic nitrogens is 1. The summed E-state index contributed by atoms with van der Waals surface area (Å²) >= 11 is 0. The van der Waals surface area contributed by atoms with E-state index in [0.717, 1.165) is 10.9 Å². The Kier molecular flexibility index (Phi) is 4.26. The molecule has 2 atom stereocenters. The lowest BCUT2D eigenvalue weighted by atomic mass is 9.84. The molecule has 0 aliphatic heterocycles. The molecular weight excluding hydrogens is 252 g/mol. The number of rotatable bonds is 4. The molecule has 108 valence electrons. The Morgan fingerprint density at radius 1 is 1.25 bits per heavy atom. The number of aliphatic hydroxyl groups is 1. The van der Waals surface area contributed by atoms with Gasteiger partial charge in [0.2, 0.25) is 0 Å². The Bertz CT molecular complexity index is 573. The minimum atomic E-state index is -0.456. The van der Waals surface area contributed by atoms with E-state index >= 15 is 0 Å². The molecule has 0 fully saturated rings. The number of ether oxygens (including phenoxy) is 1. The number of fused-ring (bicyclic) bond motifs is 1. The van der Waals surface area contributed by atoms with Crippen LogP contribution in [-0.4, -0.2) is 28.8 Å². The first-order chi connectivity index (χ1) is 9.43. The first-order valence-electron chi connectivity index (χ1n) is 6.80. The summed E-state index contributed by atoms with van der Waals surface area (Å²) < 4.78 is 5.93. The van der Waals surface area contributed by atoms with Crippen molar-refractivity contribution in [3.05, 3.63) is 36.5 Å². The number of nitrogens with two attached hydrogens (primary N) is 1. The second-order valence-corrected chi connectivity index (χ2v) is 6.06. The topological polar surface area (TPSA) is 68.4 Å². The normalized spacial score (nSPS) is 15.1. The van der Waals surface area contributed by atoms with Gasteiger partial charge in [0, 0.05) is 17.6 Å². The molecule has 0 bridgehead atoms. The second kappa shape index (κ2) is 5.77. The van der Waals surface area contributed by atoms with Gasteiger partial charge in [-0.05, 0) is 17.5 Å². The van der Waals surface area contributed by atoms with Gasteiger partial charge in [-0.25, -0.2) is 0 Å². The molecule has 2 aromatic rings. The minimum Gasteiger partial charge on any atom is -0.484 e. The summed E-state index contributed by atoms with van der Waals surface area (Å²) in [6, 6.07) is 9.34. The van der Waals surface area contributed by atoms with Crippen molar-refractivity contribution in [2.75, 3.05) is 6.61 Å². The van der Waals surface area contributed by atoms with Crippen LogP contribution in [0.15, 0.2) is 36.5 Å². The zero-order valence-corrected chi connectivity index (χ0v) is 12.2. The van der Waals surface area contributed by atoms with Crippen molar-refractivity contribution >= 4 is 10.9 Å². The van der Waals surface area contributed by atoms with Gasteiger partial charge in [0.05, 0.1) is 6.61 Å². The monoisotopic (exact) mass is 274 g/mol. The molecular formula is C16H22N2O2. The van der Waals surface area contributed by atoms with E-state index < -0.39 is 6.10 Å². The molecule has 1 aromatic heterocycles. The van der Waals surface area contributed by atoms with Crippen molar-refractivity contribution in [1.29, 1.82) is 0 Å². The minimum absolute atomic E-state index is 0.123. The molecule has 0 aliphatic carbocycles. The van der Waals surface area contributed by atoms with Gasteiger partial charge in [-0.3, -0.25) is 4.98 Å². The zero-order valence-electron chi connectivity index (χ0n) is 12.2. The van der Waals surface area contributed by atoms with Crippen molar-refractivity contribution in [2.45, 2.75) is 32.9 Å². The van der Waals surface area contributed by atoms with Crippen LogP contribution in [0.5, 0.6) is 5.75 Å². The van der Waals surface area contributed by atoms with Crippen molar-refractivity contribution in [3.63, 3.8) is 0 Å². The predicted molar refractivity (Wildman–Crippen MR) is 80.7 cm³/mol. The molecule has 3 N–H and O–H groups in total. The summed E-state index contributed by atoms with van der Waals surface area (Å²) in [6.45, 7) is 5.97. The third-order valence-electron chi connectivity index (χ3n) is 3.45. The van der Waals surface area contributed by atoms with E-state index in [4.69, 9.17) is 10.5 Å². The molecule has 2 unspecified atom stereocenters. The lowest BCUT2D eigenvalue weighted by Gasteiger charge is -2.33. The SMILES string of the molecule is CC(C)(C)C(N)C(CO)Oc1cccc2cccnc12. The zero-order chi connectivity index (χ0) is 14.8. The summed E-state index contributed by atoms with van der Waals surface area (Å²) in [4.78, 5) is 4.34. The molecule has 0 saturated heterocycles. The largest absolute Gasteiger partial charge is 0.484 e. The summed E-state index contributed by atoms with van der Waals surface area (Å²) in [6.07, 6.45) is 1.27. The molecule has 2 rings (SSSR count). The molecule has 1 aromatic carbocycles. The number of aliphatic hydroxyl groups excluding tert-OH is 1. The second-order valence-electron chi connectivity index (χ2n) is 6.06. The van der Waals surface area contributed by atoms with Crippen LogP contribution >= 0.6 is 0 Å². The lowest BCUT2D eigenvalue weighted by Crippen LogP contribution is -2.49. The maximum absolute atomic E-state index is 9.57. The first-order valence-corrected chi connectivity index (χ1v) is 6.80. The average molecular weight is 274 g/mol. The molecule has 20 heavy (non-hydrogen) atoms. The van der Waals surface area contributed by atoms with Gasteiger partial charge in [0.25, 0.3) is 0 Å². The van der Waals surface area contributed by atoms with E-state index in [1.165, 1.54) is 0 Å². The van der Waals surface area contributed by atoms with Gasteiger partial charge in [0.15, 0.2) is 0 Å².